The molecule has 3 heterocycles. The Morgan fingerprint density at radius 1 is 1.09 bits per heavy atom. The van der Waals surface area contributed by atoms with Gasteiger partial charge < -0.3 is 9.80 Å². The van der Waals surface area contributed by atoms with Crippen molar-refractivity contribution >= 4 is 11.9 Å². The van der Waals surface area contributed by atoms with E-state index in [1.54, 1.807) is 28.7 Å². The average Bonchev–Trinajstić information content (AvgIpc) is 2.81. The van der Waals surface area contributed by atoms with E-state index in [-0.39, 0.29) is 30.5 Å². The fourth-order valence-electron chi connectivity index (χ4n) is 3.48. The number of nitrogens with zero attached hydrogens (tertiary/aromatic N) is 6. The number of rotatable bonds is 6. The molecule has 1 fully saturated rings. The molecule has 2 aromatic rings. The highest BCUT2D eigenvalue weighted by Gasteiger charge is 2.35. The fourth-order valence-corrected chi connectivity index (χ4v) is 3.48. The Morgan fingerprint density at radius 2 is 1.69 bits per heavy atom. The fraction of sp³-hybridized carbons (Fsp3) is 0.550. The minimum Gasteiger partial charge on any atom is -0.339 e. The number of carbonyl (C=O) groups excluding carboxylic acids is 1. The zero-order valence-corrected chi connectivity index (χ0v) is 18.8. The Bertz CT molecular complexity index is 1080. The number of aromatic nitrogens is 4. The molecule has 0 spiro atoms. The van der Waals surface area contributed by atoms with Crippen molar-refractivity contribution in [1.82, 2.24) is 30.0 Å². The molecule has 15 heteroatoms. The first-order valence-corrected chi connectivity index (χ1v) is 10.6. The van der Waals surface area contributed by atoms with Crippen molar-refractivity contribution in [2.75, 3.05) is 44.7 Å². The average molecular weight is 507 g/mol. The van der Waals surface area contributed by atoms with Gasteiger partial charge in [0.15, 0.2) is 0 Å². The van der Waals surface area contributed by atoms with Crippen molar-refractivity contribution in [2.24, 2.45) is 0 Å². The molecule has 1 amide bonds. The van der Waals surface area contributed by atoms with Gasteiger partial charge in [0, 0.05) is 51.5 Å². The molecule has 0 aromatic carbocycles. The maximum Gasteiger partial charge on any atom is 0.421 e. The van der Waals surface area contributed by atoms with Crippen molar-refractivity contribution in [2.45, 2.75) is 31.7 Å². The normalized spacial score (nSPS) is 16.0. The summed E-state index contributed by atoms with van der Waals surface area (Å²) >= 11 is 0. The van der Waals surface area contributed by atoms with Crippen LogP contribution in [0.3, 0.4) is 0 Å². The number of nitrogens with one attached hydrogen (secondary N) is 1. The summed E-state index contributed by atoms with van der Waals surface area (Å²) in [5.41, 5.74) is -3.60. The quantitative estimate of drug-likeness (QED) is 0.600. The summed E-state index contributed by atoms with van der Waals surface area (Å²) in [7, 11) is 1.62. The first-order valence-electron chi connectivity index (χ1n) is 10.6. The maximum atomic E-state index is 13.0. The number of alkyl halides is 6. The second-order valence-corrected chi connectivity index (χ2v) is 8.08. The monoisotopic (exact) mass is 507 g/mol. The third-order valence-corrected chi connectivity index (χ3v) is 5.78. The SMILES string of the molecule is CC(c1cc(C(F)(F)F)c(=O)[nH]n1)N(C)CCC(=O)N1CCN(c2ncc(C(F)(F)F)cn2)CC1. The third kappa shape index (κ3) is 6.46. The number of halogens is 6. The second kappa shape index (κ2) is 10.2. The first-order chi connectivity index (χ1) is 16.3. The van der Waals surface area contributed by atoms with Crippen molar-refractivity contribution < 1.29 is 31.1 Å². The lowest BCUT2D eigenvalue weighted by atomic mass is 10.1. The van der Waals surface area contributed by atoms with Crippen LogP contribution in [0.25, 0.3) is 0 Å². The van der Waals surface area contributed by atoms with E-state index in [0.29, 0.717) is 44.6 Å². The van der Waals surface area contributed by atoms with Gasteiger partial charge in [-0.3, -0.25) is 14.5 Å². The number of anilines is 1. The minimum atomic E-state index is -4.81. The van der Waals surface area contributed by atoms with Gasteiger partial charge >= 0.3 is 12.4 Å². The molecule has 192 valence electrons. The van der Waals surface area contributed by atoms with Gasteiger partial charge in [-0.2, -0.15) is 31.4 Å². The molecule has 1 aliphatic heterocycles. The van der Waals surface area contributed by atoms with Crippen molar-refractivity contribution in [3.8, 4) is 0 Å². The molecule has 9 nitrogen and oxygen atoms in total. The van der Waals surface area contributed by atoms with Crippen molar-refractivity contribution in [1.29, 1.82) is 0 Å². The van der Waals surface area contributed by atoms with E-state index in [4.69, 9.17) is 0 Å². The summed E-state index contributed by atoms with van der Waals surface area (Å²) in [6.07, 6.45) is -7.82. The van der Waals surface area contributed by atoms with Gasteiger partial charge in [0.25, 0.3) is 5.56 Å². The molecule has 1 aliphatic rings. The first kappa shape index (κ1) is 26.4. The standard InChI is InChI=1S/C20H23F6N7O2/c1-12(15-9-14(20(24,25)26)17(35)30-29-15)31(2)4-3-16(34)32-5-7-33(8-6-32)18-27-10-13(11-28-18)19(21,22)23/h9-12H,3-8H2,1-2H3,(H,30,35). The van der Waals surface area contributed by atoms with Crippen LogP contribution < -0.4 is 10.5 Å². The largest absolute Gasteiger partial charge is 0.421 e. The molecule has 0 aliphatic carbocycles. The van der Waals surface area contributed by atoms with Crippen LogP contribution in [-0.4, -0.2) is 75.6 Å². The van der Waals surface area contributed by atoms with Crippen molar-refractivity contribution in [3.63, 3.8) is 0 Å². The summed E-state index contributed by atoms with van der Waals surface area (Å²) in [6.45, 7) is 3.14. The zero-order chi connectivity index (χ0) is 26.0. The topological polar surface area (TPSA) is 98.3 Å². The molecule has 0 bridgehead atoms. The van der Waals surface area contributed by atoms with Gasteiger partial charge in [-0.15, -0.1) is 0 Å². The maximum absolute atomic E-state index is 13.0. The minimum absolute atomic E-state index is 0.0111. The molecule has 3 rings (SSSR count). The summed E-state index contributed by atoms with van der Waals surface area (Å²) in [4.78, 5) is 36.5. The van der Waals surface area contributed by atoms with Crippen LogP contribution in [0, 0.1) is 0 Å². The Hall–Kier alpha value is -3.23. The third-order valence-electron chi connectivity index (χ3n) is 5.78. The van der Waals surface area contributed by atoms with Gasteiger partial charge in [0.1, 0.15) is 5.56 Å². The molecule has 1 atom stereocenters. The molecule has 35 heavy (non-hydrogen) atoms. The summed E-state index contributed by atoms with van der Waals surface area (Å²) in [5.74, 6) is -0.0345. The van der Waals surface area contributed by atoms with E-state index >= 15 is 0 Å². The summed E-state index contributed by atoms with van der Waals surface area (Å²) in [6, 6.07) is 0.0964. The molecule has 1 saturated heterocycles. The number of carbonyl (C=O) groups is 1. The lowest BCUT2D eigenvalue weighted by Gasteiger charge is -2.35. The van der Waals surface area contributed by atoms with E-state index in [9.17, 15) is 35.9 Å². The van der Waals surface area contributed by atoms with Gasteiger partial charge in [0.05, 0.1) is 17.3 Å². The Kier molecular flexibility index (Phi) is 7.67. The number of amides is 1. The number of piperazine rings is 1. The molecule has 2 aromatic heterocycles. The Balaban J connectivity index is 1.51. The number of hydrogen-bond donors (Lipinski definition) is 1. The van der Waals surface area contributed by atoms with Crippen LogP contribution in [0.15, 0.2) is 23.3 Å². The van der Waals surface area contributed by atoms with E-state index in [1.807, 2.05) is 5.10 Å². The van der Waals surface area contributed by atoms with E-state index in [1.165, 1.54) is 0 Å². The van der Waals surface area contributed by atoms with Crippen molar-refractivity contribution in [3.05, 3.63) is 45.6 Å². The number of hydrogen-bond acceptors (Lipinski definition) is 7. The van der Waals surface area contributed by atoms with Crippen LogP contribution in [0.5, 0.6) is 0 Å². The number of aromatic amines is 1. The van der Waals surface area contributed by atoms with Crippen LogP contribution >= 0.6 is 0 Å². The summed E-state index contributed by atoms with van der Waals surface area (Å²) < 4.78 is 76.9. The van der Waals surface area contributed by atoms with Crippen LogP contribution in [-0.2, 0) is 17.1 Å². The van der Waals surface area contributed by atoms with Gasteiger partial charge in [-0.05, 0) is 20.0 Å². The van der Waals surface area contributed by atoms with Crippen LogP contribution in [0.1, 0.15) is 36.2 Å². The second-order valence-electron chi connectivity index (χ2n) is 8.08. The predicted molar refractivity (Wildman–Crippen MR) is 111 cm³/mol. The smallest absolute Gasteiger partial charge is 0.339 e. The molecule has 1 unspecified atom stereocenters. The molecule has 0 radical (unpaired) electrons. The summed E-state index contributed by atoms with van der Waals surface area (Å²) in [5, 5.41) is 5.55. The van der Waals surface area contributed by atoms with E-state index in [2.05, 4.69) is 15.1 Å². The van der Waals surface area contributed by atoms with E-state index < -0.39 is 35.1 Å². The molecular formula is C20H23F6N7O2. The molecular weight excluding hydrogens is 484 g/mol. The highest BCUT2D eigenvalue weighted by atomic mass is 19.4. The predicted octanol–water partition coefficient (Wildman–Crippen LogP) is 2.33. The van der Waals surface area contributed by atoms with Gasteiger partial charge in [-0.25, -0.2) is 15.1 Å². The van der Waals surface area contributed by atoms with Gasteiger partial charge in [-0.1, -0.05) is 0 Å². The van der Waals surface area contributed by atoms with Gasteiger partial charge in [0.2, 0.25) is 11.9 Å². The van der Waals surface area contributed by atoms with Crippen LogP contribution in [0.4, 0.5) is 32.3 Å². The zero-order valence-electron chi connectivity index (χ0n) is 18.8. The Morgan fingerprint density at radius 3 is 2.23 bits per heavy atom. The molecule has 1 N–H and O–H groups in total. The van der Waals surface area contributed by atoms with Crippen LogP contribution in [0.2, 0.25) is 0 Å². The highest BCUT2D eigenvalue weighted by Crippen LogP contribution is 2.29. The highest BCUT2D eigenvalue weighted by molar-refractivity contribution is 5.76. The Labute approximate surface area is 195 Å². The lowest BCUT2D eigenvalue weighted by molar-refractivity contribution is -0.139. The lowest BCUT2D eigenvalue weighted by Crippen LogP contribution is -2.49. The van der Waals surface area contributed by atoms with E-state index in [0.717, 1.165) is 0 Å². The molecule has 0 saturated carbocycles. The number of H-pyrrole nitrogens is 1.